The van der Waals surface area contributed by atoms with Crippen molar-refractivity contribution in [3.63, 3.8) is 0 Å². The predicted molar refractivity (Wildman–Crippen MR) is 81.9 cm³/mol. The molecular weight excluding hydrogens is 320 g/mol. The number of sulfone groups is 1. The Morgan fingerprint density at radius 2 is 2.00 bits per heavy atom. The van der Waals surface area contributed by atoms with E-state index in [1.54, 1.807) is 31.3 Å². The van der Waals surface area contributed by atoms with Gasteiger partial charge in [0.1, 0.15) is 4.75 Å². The van der Waals surface area contributed by atoms with Gasteiger partial charge in [-0.05, 0) is 38.5 Å². The van der Waals surface area contributed by atoms with Gasteiger partial charge in [-0.2, -0.15) is 0 Å². The van der Waals surface area contributed by atoms with Crippen LogP contribution in [0.4, 0.5) is 0 Å². The number of carboxylic acid groups (broad SMARTS) is 1. The predicted octanol–water partition coefficient (Wildman–Crippen LogP) is 0.684. The molecule has 7 nitrogen and oxygen atoms in total. The van der Waals surface area contributed by atoms with Crippen molar-refractivity contribution in [3.05, 3.63) is 35.7 Å². The van der Waals surface area contributed by atoms with Gasteiger partial charge in [0.25, 0.3) is 5.91 Å². The van der Waals surface area contributed by atoms with Gasteiger partial charge in [-0.3, -0.25) is 9.78 Å². The third-order valence-electron chi connectivity index (χ3n) is 4.62. The molecule has 1 N–H and O–H groups in total. The zero-order valence-corrected chi connectivity index (χ0v) is 13.7. The van der Waals surface area contributed by atoms with Gasteiger partial charge in [-0.1, -0.05) is 6.07 Å². The van der Waals surface area contributed by atoms with E-state index in [1.165, 1.54) is 13.8 Å². The van der Waals surface area contributed by atoms with Crippen LogP contribution in [-0.4, -0.2) is 51.4 Å². The number of hydrogen-bond donors (Lipinski definition) is 1. The first kappa shape index (κ1) is 15.7. The largest absolute Gasteiger partial charge is 0.480 e. The second-order valence-electron chi connectivity index (χ2n) is 6.21. The van der Waals surface area contributed by atoms with Crippen LogP contribution in [-0.2, 0) is 19.4 Å². The number of fused-ring (bicyclic) bond motifs is 1. The number of carbonyl (C=O) groups excluding carboxylic acids is 1. The van der Waals surface area contributed by atoms with E-state index in [0.717, 1.165) is 4.90 Å². The Labute approximate surface area is 133 Å². The number of pyridine rings is 1. The van der Waals surface area contributed by atoms with Gasteiger partial charge < -0.3 is 10.0 Å². The second kappa shape index (κ2) is 4.64. The van der Waals surface area contributed by atoms with Crippen LogP contribution < -0.4 is 0 Å². The Morgan fingerprint density at radius 1 is 1.35 bits per heavy atom. The fraction of sp³-hybridized carbons (Fsp3) is 0.400. The Morgan fingerprint density at radius 3 is 2.52 bits per heavy atom. The molecule has 0 radical (unpaired) electrons. The number of aliphatic carboxylic acids is 1. The van der Waals surface area contributed by atoms with Crippen molar-refractivity contribution < 1.29 is 23.1 Å². The quantitative estimate of drug-likeness (QED) is 0.629. The molecule has 1 aromatic heterocycles. The number of amides is 1. The molecule has 1 unspecified atom stereocenters. The lowest BCUT2D eigenvalue weighted by Gasteiger charge is -2.39. The summed E-state index contributed by atoms with van der Waals surface area (Å²) in [6.45, 7) is 4.32. The summed E-state index contributed by atoms with van der Waals surface area (Å²) < 4.78 is 24.0. The van der Waals surface area contributed by atoms with Crippen LogP contribution in [0.15, 0.2) is 30.0 Å². The Kier molecular flexibility index (Phi) is 3.16. The van der Waals surface area contributed by atoms with Crippen LogP contribution in [0.25, 0.3) is 5.57 Å². The number of hydrogen-bond acceptors (Lipinski definition) is 5. The lowest BCUT2D eigenvalue weighted by molar-refractivity contribution is -0.152. The molecule has 2 aliphatic rings. The van der Waals surface area contributed by atoms with Gasteiger partial charge in [-0.25, -0.2) is 13.2 Å². The maximum absolute atomic E-state index is 12.8. The lowest BCUT2D eigenvalue weighted by atomic mass is 9.92. The van der Waals surface area contributed by atoms with Crippen LogP contribution in [0.5, 0.6) is 0 Å². The molecule has 0 spiro atoms. The highest BCUT2D eigenvalue weighted by Crippen LogP contribution is 2.50. The lowest BCUT2D eigenvalue weighted by Crippen LogP contribution is -2.59. The zero-order chi connectivity index (χ0) is 17.2. The van der Waals surface area contributed by atoms with E-state index < -0.39 is 37.9 Å². The molecule has 0 aromatic carbocycles. The van der Waals surface area contributed by atoms with Crippen LogP contribution in [0.1, 0.15) is 26.5 Å². The third-order valence-corrected chi connectivity index (χ3v) is 7.36. The van der Waals surface area contributed by atoms with E-state index in [1.807, 2.05) is 0 Å². The molecule has 2 fully saturated rings. The van der Waals surface area contributed by atoms with Crippen LogP contribution in [0, 0.1) is 0 Å². The Hall–Kier alpha value is -2.22. The molecule has 0 aliphatic carbocycles. The number of nitrogens with zero attached hydrogens (tertiary/aromatic N) is 2. The first-order valence-corrected chi connectivity index (χ1v) is 8.58. The van der Waals surface area contributed by atoms with E-state index in [0.29, 0.717) is 11.3 Å². The standard InChI is InChI=1S/C15H16N2O5S/c1-8(9-6-4-5-7-16-9)10-12(18)17-11(14(19)20)15(2,3)23(21,22)13(10)17/h4-7,11,13H,1-3H3,(H,19,20)/b10-8-/t11-,13?/m0/s1. The summed E-state index contributed by atoms with van der Waals surface area (Å²) in [5.41, 5.74) is 1.07. The minimum absolute atomic E-state index is 0.112. The highest BCUT2D eigenvalue weighted by Gasteiger charge is 2.70. The fourth-order valence-corrected chi connectivity index (χ4v) is 5.45. The van der Waals surface area contributed by atoms with Gasteiger partial charge in [0.05, 0.1) is 11.3 Å². The van der Waals surface area contributed by atoms with Crippen LogP contribution >= 0.6 is 0 Å². The highest BCUT2D eigenvalue weighted by atomic mass is 32.2. The molecule has 8 heteroatoms. The van der Waals surface area contributed by atoms with Gasteiger partial charge in [0.15, 0.2) is 21.3 Å². The first-order chi connectivity index (χ1) is 10.6. The summed E-state index contributed by atoms with van der Waals surface area (Å²) in [7, 11) is -3.86. The molecule has 122 valence electrons. The van der Waals surface area contributed by atoms with Crippen molar-refractivity contribution in [3.8, 4) is 0 Å². The van der Waals surface area contributed by atoms with Gasteiger partial charge in [0.2, 0.25) is 0 Å². The maximum atomic E-state index is 12.8. The molecule has 2 atom stereocenters. The second-order valence-corrected chi connectivity index (χ2v) is 8.80. The minimum atomic E-state index is -3.86. The van der Waals surface area contributed by atoms with Gasteiger partial charge in [0, 0.05) is 6.20 Å². The fourth-order valence-electron chi connectivity index (χ4n) is 3.24. The van der Waals surface area contributed by atoms with E-state index in [9.17, 15) is 23.1 Å². The molecule has 1 aromatic rings. The summed E-state index contributed by atoms with van der Waals surface area (Å²) in [4.78, 5) is 29.0. The number of β-lactam (4-membered cyclic amide) rings is 1. The third kappa shape index (κ3) is 1.81. The number of carboxylic acids is 1. The molecule has 0 saturated carbocycles. The Bertz CT molecular complexity index is 842. The van der Waals surface area contributed by atoms with Crippen molar-refractivity contribution in [1.29, 1.82) is 0 Å². The van der Waals surface area contributed by atoms with Gasteiger partial charge in [-0.15, -0.1) is 0 Å². The van der Waals surface area contributed by atoms with Crippen LogP contribution in [0.3, 0.4) is 0 Å². The molecule has 2 saturated heterocycles. The number of rotatable bonds is 2. The number of aromatic nitrogens is 1. The molecule has 0 bridgehead atoms. The van der Waals surface area contributed by atoms with Crippen molar-refractivity contribution in [2.45, 2.75) is 36.9 Å². The SMILES string of the molecule is C/C(=C1\C(=O)N2C1S(=O)(=O)C(C)(C)[C@@H]2C(=O)O)c1ccccn1. The summed E-state index contributed by atoms with van der Waals surface area (Å²) >= 11 is 0. The van der Waals surface area contributed by atoms with Crippen molar-refractivity contribution in [2.75, 3.05) is 0 Å². The van der Waals surface area contributed by atoms with E-state index in [4.69, 9.17) is 0 Å². The molecule has 2 aliphatic heterocycles. The number of allylic oxidation sites excluding steroid dienone is 1. The minimum Gasteiger partial charge on any atom is -0.480 e. The smallest absolute Gasteiger partial charge is 0.328 e. The van der Waals surface area contributed by atoms with Crippen molar-refractivity contribution in [2.24, 2.45) is 0 Å². The van der Waals surface area contributed by atoms with E-state index in [-0.39, 0.29) is 5.57 Å². The summed E-state index contributed by atoms with van der Waals surface area (Å²) in [6.07, 6.45) is 1.55. The van der Waals surface area contributed by atoms with Crippen molar-refractivity contribution >= 4 is 27.3 Å². The average molecular weight is 336 g/mol. The molecule has 3 rings (SSSR count). The van der Waals surface area contributed by atoms with E-state index >= 15 is 0 Å². The van der Waals surface area contributed by atoms with Gasteiger partial charge >= 0.3 is 5.97 Å². The summed E-state index contributed by atoms with van der Waals surface area (Å²) in [5, 5.41) is 8.16. The zero-order valence-electron chi connectivity index (χ0n) is 12.8. The number of carbonyl (C=O) groups is 2. The Balaban J connectivity index is 2.18. The van der Waals surface area contributed by atoms with E-state index in [2.05, 4.69) is 4.98 Å². The molecular formula is C15H16N2O5S. The highest BCUT2D eigenvalue weighted by molar-refractivity contribution is 7.94. The molecule has 23 heavy (non-hydrogen) atoms. The van der Waals surface area contributed by atoms with Crippen molar-refractivity contribution in [1.82, 2.24) is 9.88 Å². The maximum Gasteiger partial charge on any atom is 0.328 e. The molecule has 3 heterocycles. The van der Waals surface area contributed by atoms with Crippen LogP contribution in [0.2, 0.25) is 0 Å². The monoisotopic (exact) mass is 336 g/mol. The topological polar surface area (TPSA) is 105 Å². The summed E-state index contributed by atoms with van der Waals surface area (Å²) in [6, 6.07) is 3.75. The average Bonchev–Trinajstić information content (AvgIpc) is 2.62. The normalized spacial score (nSPS) is 29.7. The molecule has 1 amide bonds. The first-order valence-electron chi connectivity index (χ1n) is 7.03. The summed E-state index contributed by atoms with van der Waals surface area (Å²) in [5.74, 6) is -1.87.